The highest BCUT2D eigenvalue weighted by Gasteiger charge is 2.26. The summed E-state index contributed by atoms with van der Waals surface area (Å²) in [4.78, 5) is 0. The summed E-state index contributed by atoms with van der Waals surface area (Å²) in [6.45, 7) is 6.76. The summed E-state index contributed by atoms with van der Waals surface area (Å²) in [7, 11) is 0. The van der Waals surface area contributed by atoms with Gasteiger partial charge in [-0.3, -0.25) is 0 Å². The van der Waals surface area contributed by atoms with E-state index in [-0.39, 0.29) is 18.0 Å². The Bertz CT molecular complexity index is 575. The quantitative estimate of drug-likeness (QED) is 0.742. The molecule has 0 radical (unpaired) electrons. The maximum Gasteiger partial charge on any atom is 0.138 e. The molecule has 0 spiro atoms. The second-order valence-corrected chi connectivity index (χ2v) is 7.07. The summed E-state index contributed by atoms with van der Waals surface area (Å²) < 4.78 is 14.4. The second kappa shape index (κ2) is 7.26. The minimum atomic E-state index is -1.05. The number of nitrogens with one attached hydrogen (secondary N) is 1. The van der Waals surface area contributed by atoms with Gasteiger partial charge in [-0.25, -0.2) is 4.39 Å². The van der Waals surface area contributed by atoms with Crippen LogP contribution >= 0.6 is 11.6 Å². The Morgan fingerprint density at radius 3 is 2.09 bits per heavy atom. The van der Waals surface area contributed by atoms with Crippen LogP contribution in [0.25, 0.3) is 0 Å². The van der Waals surface area contributed by atoms with Crippen molar-refractivity contribution in [3.05, 3.63) is 70.7 Å². The fraction of sp³-hybridized carbons (Fsp3) is 0.368. The standard InChI is InChI=1S/C19H23ClFN/c1-19(2,3)18(15-7-5-4-6-8-15)22-13-17(21)14-9-11-16(20)12-10-14/h4-12,17-18,22H,13H2,1-3H3. The van der Waals surface area contributed by atoms with Gasteiger partial charge >= 0.3 is 0 Å². The Balaban J connectivity index is 2.07. The average molecular weight is 320 g/mol. The zero-order valence-electron chi connectivity index (χ0n) is 13.3. The Morgan fingerprint density at radius 2 is 1.55 bits per heavy atom. The van der Waals surface area contributed by atoms with E-state index in [1.54, 1.807) is 24.3 Å². The van der Waals surface area contributed by atoms with Gasteiger partial charge in [0.15, 0.2) is 0 Å². The highest BCUT2D eigenvalue weighted by Crippen LogP contribution is 2.33. The van der Waals surface area contributed by atoms with Crippen molar-refractivity contribution >= 4 is 11.6 Å². The summed E-state index contributed by atoms with van der Waals surface area (Å²) in [5.41, 5.74) is 1.83. The van der Waals surface area contributed by atoms with Crippen LogP contribution in [0.5, 0.6) is 0 Å². The van der Waals surface area contributed by atoms with Crippen LogP contribution in [0.3, 0.4) is 0 Å². The summed E-state index contributed by atoms with van der Waals surface area (Å²) in [5, 5.41) is 4.01. The van der Waals surface area contributed by atoms with Gasteiger partial charge in [-0.2, -0.15) is 0 Å². The number of benzene rings is 2. The Hall–Kier alpha value is -1.38. The van der Waals surface area contributed by atoms with Crippen molar-refractivity contribution < 1.29 is 4.39 Å². The highest BCUT2D eigenvalue weighted by atomic mass is 35.5. The lowest BCUT2D eigenvalue weighted by atomic mass is 9.82. The Kier molecular flexibility index (Phi) is 5.60. The number of hydrogen-bond acceptors (Lipinski definition) is 1. The van der Waals surface area contributed by atoms with Crippen LogP contribution in [0, 0.1) is 5.41 Å². The molecule has 118 valence electrons. The van der Waals surface area contributed by atoms with Crippen LogP contribution in [-0.2, 0) is 0 Å². The van der Waals surface area contributed by atoms with Gasteiger partial charge in [0.2, 0.25) is 0 Å². The van der Waals surface area contributed by atoms with Gasteiger partial charge in [0.1, 0.15) is 6.17 Å². The molecule has 1 nitrogen and oxygen atoms in total. The van der Waals surface area contributed by atoms with Crippen LogP contribution in [0.15, 0.2) is 54.6 Å². The van der Waals surface area contributed by atoms with Crippen molar-refractivity contribution in [2.45, 2.75) is 33.0 Å². The summed E-state index contributed by atoms with van der Waals surface area (Å²) in [6.07, 6.45) is -1.05. The molecular formula is C19H23ClFN. The van der Waals surface area contributed by atoms with Crippen molar-refractivity contribution in [1.29, 1.82) is 0 Å². The summed E-state index contributed by atoms with van der Waals surface area (Å²) >= 11 is 5.85. The van der Waals surface area contributed by atoms with Crippen molar-refractivity contribution in [2.75, 3.05) is 6.54 Å². The van der Waals surface area contributed by atoms with Crippen molar-refractivity contribution in [3.63, 3.8) is 0 Å². The van der Waals surface area contributed by atoms with E-state index in [0.717, 1.165) is 0 Å². The van der Waals surface area contributed by atoms with Crippen molar-refractivity contribution in [1.82, 2.24) is 5.32 Å². The lowest BCUT2D eigenvalue weighted by Gasteiger charge is -2.32. The zero-order chi connectivity index (χ0) is 16.2. The molecule has 2 aromatic rings. The molecule has 22 heavy (non-hydrogen) atoms. The van der Waals surface area contributed by atoms with E-state index in [1.165, 1.54) is 5.56 Å². The molecule has 0 aliphatic rings. The van der Waals surface area contributed by atoms with Crippen LogP contribution in [0.1, 0.15) is 44.1 Å². The molecule has 3 heteroatoms. The van der Waals surface area contributed by atoms with Crippen LogP contribution in [0.4, 0.5) is 4.39 Å². The molecule has 0 saturated heterocycles. The monoisotopic (exact) mass is 319 g/mol. The van der Waals surface area contributed by atoms with E-state index in [9.17, 15) is 4.39 Å². The first-order valence-electron chi connectivity index (χ1n) is 7.56. The van der Waals surface area contributed by atoms with Gasteiger partial charge < -0.3 is 5.32 Å². The van der Waals surface area contributed by atoms with E-state index in [4.69, 9.17) is 11.6 Å². The molecule has 0 amide bonds. The fourth-order valence-electron chi connectivity index (χ4n) is 2.58. The first-order valence-corrected chi connectivity index (χ1v) is 7.93. The van der Waals surface area contributed by atoms with Crippen LogP contribution < -0.4 is 5.32 Å². The molecule has 0 aliphatic heterocycles. The first kappa shape index (κ1) is 17.0. The highest BCUT2D eigenvalue weighted by molar-refractivity contribution is 6.30. The lowest BCUT2D eigenvalue weighted by molar-refractivity contribution is 0.238. The van der Waals surface area contributed by atoms with Crippen LogP contribution in [0.2, 0.25) is 5.02 Å². The van der Waals surface area contributed by atoms with Crippen molar-refractivity contribution in [2.24, 2.45) is 5.41 Å². The molecule has 0 aromatic heterocycles. The summed E-state index contributed by atoms with van der Waals surface area (Å²) in [5.74, 6) is 0. The second-order valence-electron chi connectivity index (χ2n) is 6.64. The molecule has 2 aromatic carbocycles. The van der Waals surface area contributed by atoms with Crippen molar-refractivity contribution in [3.8, 4) is 0 Å². The fourth-order valence-corrected chi connectivity index (χ4v) is 2.71. The maximum atomic E-state index is 14.4. The third kappa shape index (κ3) is 4.56. The topological polar surface area (TPSA) is 12.0 Å². The predicted octanol–water partition coefficient (Wildman–Crippen LogP) is 5.73. The molecule has 1 N–H and O–H groups in total. The van der Waals surface area contributed by atoms with Gasteiger partial charge in [0.05, 0.1) is 0 Å². The summed E-state index contributed by atoms with van der Waals surface area (Å²) in [6, 6.07) is 17.2. The van der Waals surface area contributed by atoms with Crippen LogP contribution in [-0.4, -0.2) is 6.54 Å². The van der Waals surface area contributed by atoms with Gasteiger partial charge in [-0.15, -0.1) is 0 Å². The lowest BCUT2D eigenvalue weighted by Crippen LogP contribution is -2.34. The SMILES string of the molecule is CC(C)(C)C(NCC(F)c1ccc(Cl)cc1)c1ccccc1. The molecule has 2 rings (SSSR count). The van der Waals surface area contributed by atoms with E-state index in [0.29, 0.717) is 10.6 Å². The number of rotatable bonds is 5. The Labute approximate surface area is 137 Å². The molecular weight excluding hydrogens is 297 g/mol. The molecule has 0 heterocycles. The smallest absolute Gasteiger partial charge is 0.138 e. The minimum Gasteiger partial charge on any atom is -0.306 e. The van der Waals surface area contributed by atoms with E-state index in [2.05, 4.69) is 38.2 Å². The number of hydrogen-bond donors (Lipinski definition) is 1. The molecule has 0 saturated carbocycles. The first-order chi connectivity index (χ1) is 10.4. The largest absolute Gasteiger partial charge is 0.306 e. The normalized spacial score (nSPS) is 14.6. The van der Waals surface area contributed by atoms with E-state index < -0.39 is 6.17 Å². The zero-order valence-corrected chi connectivity index (χ0v) is 14.1. The third-order valence-corrected chi connectivity index (χ3v) is 3.98. The third-order valence-electron chi connectivity index (χ3n) is 3.73. The van der Waals surface area contributed by atoms with Gasteiger partial charge in [0.25, 0.3) is 0 Å². The number of halogens is 2. The molecule has 0 aliphatic carbocycles. The predicted molar refractivity (Wildman–Crippen MR) is 91.9 cm³/mol. The maximum absolute atomic E-state index is 14.4. The van der Waals surface area contributed by atoms with Gasteiger partial charge in [-0.05, 0) is 28.7 Å². The minimum absolute atomic E-state index is 0.00106. The molecule has 0 fully saturated rings. The van der Waals surface area contributed by atoms with E-state index >= 15 is 0 Å². The van der Waals surface area contributed by atoms with Gasteiger partial charge in [-0.1, -0.05) is 74.8 Å². The van der Waals surface area contributed by atoms with Gasteiger partial charge in [0, 0.05) is 17.6 Å². The molecule has 2 atom stereocenters. The molecule has 0 bridgehead atoms. The number of alkyl halides is 1. The Morgan fingerprint density at radius 1 is 0.955 bits per heavy atom. The average Bonchev–Trinajstić information content (AvgIpc) is 2.47. The van der Waals surface area contributed by atoms with E-state index in [1.807, 2.05) is 18.2 Å². The molecule has 2 unspecified atom stereocenters.